The van der Waals surface area contributed by atoms with Gasteiger partial charge in [-0.15, -0.1) is 0 Å². The maximum absolute atomic E-state index is 10.9. The normalized spacial score (nSPS) is 10.5. The Morgan fingerprint density at radius 2 is 2.21 bits per heavy atom. The Morgan fingerprint density at radius 3 is 2.74 bits per heavy atom. The number of carbonyl (C=O) groups excluding carboxylic acids is 1. The van der Waals surface area contributed by atoms with Crippen molar-refractivity contribution in [2.75, 3.05) is 13.7 Å². The largest absolute Gasteiger partial charge is 0.496 e. The van der Waals surface area contributed by atoms with Crippen molar-refractivity contribution in [3.05, 3.63) is 29.3 Å². The van der Waals surface area contributed by atoms with E-state index in [9.17, 15) is 4.79 Å². The summed E-state index contributed by atoms with van der Waals surface area (Å²) in [4.78, 5) is 13.0. The predicted molar refractivity (Wildman–Crippen MR) is 74.2 cm³/mol. The third-order valence-electron chi connectivity index (χ3n) is 3.06. The molecule has 1 aromatic rings. The summed E-state index contributed by atoms with van der Waals surface area (Å²) in [6, 6.07) is 7.88. The van der Waals surface area contributed by atoms with Crippen molar-refractivity contribution in [3.63, 3.8) is 0 Å². The molecule has 0 saturated carbocycles. The van der Waals surface area contributed by atoms with Crippen molar-refractivity contribution in [2.45, 2.75) is 32.9 Å². The number of rotatable bonds is 7. The van der Waals surface area contributed by atoms with Crippen LogP contribution >= 0.6 is 0 Å². The zero-order chi connectivity index (χ0) is 14.3. The molecule has 0 saturated heterocycles. The van der Waals surface area contributed by atoms with Gasteiger partial charge in [-0.3, -0.25) is 9.69 Å². The number of methoxy groups -OCH3 is 1. The average Bonchev–Trinajstić information content (AvgIpc) is 2.42. The fraction of sp³-hybridized carbons (Fsp3) is 0.467. The second kappa shape index (κ2) is 7.55. The molecule has 0 unspecified atom stereocenters. The molecule has 1 rings (SSSR count). The van der Waals surface area contributed by atoms with Gasteiger partial charge < -0.3 is 4.74 Å². The molecule has 0 heterocycles. The van der Waals surface area contributed by atoms with Crippen molar-refractivity contribution in [1.29, 1.82) is 5.26 Å². The quantitative estimate of drug-likeness (QED) is 0.707. The highest BCUT2D eigenvalue weighted by molar-refractivity contribution is 5.75. The van der Waals surface area contributed by atoms with E-state index in [-0.39, 0.29) is 0 Å². The van der Waals surface area contributed by atoms with Crippen LogP contribution in [0.2, 0.25) is 0 Å². The predicted octanol–water partition coefficient (Wildman–Crippen LogP) is 2.63. The van der Waals surface area contributed by atoms with Crippen molar-refractivity contribution in [2.24, 2.45) is 0 Å². The smallest absolute Gasteiger partial charge is 0.150 e. The third-order valence-corrected chi connectivity index (χ3v) is 3.06. The van der Waals surface area contributed by atoms with Crippen molar-refractivity contribution in [1.82, 2.24) is 4.90 Å². The zero-order valence-corrected chi connectivity index (χ0v) is 11.7. The van der Waals surface area contributed by atoms with Crippen LogP contribution in [0.1, 0.15) is 36.2 Å². The molecule has 0 N–H and O–H groups in total. The standard InChI is InChI=1S/C15H20N2O2/c1-12(2)17(8-4-7-16)10-14-9-13(11-18)5-6-15(14)19-3/h5-6,9,11-12H,4,8,10H2,1-3H3. The van der Waals surface area contributed by atoms with Crippen LogP contribution in [-0.4, -0.2) is 30.9 Å². The van der Waals surface area contributed by atoms with Crippen LogP contribution in [0.3, 0.4) is 0 Å². The van der Waals surface area contributed by atoms with Crippen LogP contribution in [-0.2, 0) is 6.54 Å². The molecule has 0 amide bonds. The molecule has 4 nitrogen and oxygen atoms in total. The SMILES string of the molecule is COc1ccc(C=O)cc1CN(CCC#N)C(C)C. The average molecular weight is 260 g/mol. The summed E-state index contributed by atoms with van der Waals surface area (Å²) in [6.45, 7) is 5.56. The van der Waals surface area contributed by atoms with E-state index in [2.05, 4.69) is 24.8 Å². The molecule has 0 radical (unpaired) electrons. The van der Waals surface area contributed by atoms with Gasteiger partial charge in [-0.25, -0.2) is 0 Å². The molecular formula is C15H20N2O2. The van der Waals surface area contributed by atoms with Gasteiger partial charge in [0.2, 0.25) is 0 Å². The van der Waals surface area contributed by atoms with Gasteiger partial charge in [-0.2, -0.15) is 5.26 Å². The van der Waals surface area contributed by atoms with Gasteiger partial charge in [0.25, 0.3) is 0 Å². The molecule has 0 atom stereocenters. The summed E-state index contributed by atoms with van der Waals surface area (Å²) in [6.07, 6.45) is 1.33. The van der Waals surface area contributed by atoms with E-state index in [1.165, 1.54) is 0 Å². The molecule has 19 heavy (non-hydrogen) atoms. The Bertz CT molecular complexity index is 464. The Balaban J connectivity index is 2.93. The summed E-state index contributed by atoms with van der Waals surface area (Å²) in [5, 5.41) is 8.70. The van der Waals surface area contributed by atoms with Gasteiger partial charge in [0, 0.05) is 36.7 Å². The third kappa shape index (κ3) is 4.38. The first-order valence-corrected chi connectivity index (χ1v) is 6.35. The minimum absolute atomic E-state index is 0.331. The van der Waals surface area contributed by atoms with Crippen LogP contribution in [0.4, 0.5) is 0 Å². The number of hydrogen-bond donors (Lipinski definition) is 0. The van der Waals surface area contributed by atoms with E-state index >= 15 is 0 Å². The molecule has 0 fully saturated rings. The Kier molecular flexibility index (Phi) is 6.04. The maximum atomic E-state index is 10.9. The van der Waals surface area contributed by atoms with Crippen LogP contribution in [0.15, 0.2) is 18.2 Å². The van der Waals surface area contributed by atoms with Crippen LogP contribution in [0, 0.1) is 11.3 Å². The summed E-state index contributed by atoms with van der Waals surface area (Å²) >= 11 is 0. The van der Waals surface area contributed by atoms with Gasteiger partial charge in [0.05, 0.1) is 13.2 Å². The first-order valence-electron chi connectivity index (χ1n) is 6.35. The summed E-state index contributed by atoms with van der Waals surface area (Å²) in [5.74, 6) is 0.771. The van der Waals surface area contributed by atoms with Crippen LogP contribution < -0.4 is 4.74 Å². The number of benzene rings is 1. The summed E-state index contributed by atoms with van der Waals surface area (Å²) in [5.41, 5.74) is 1.61. The molecule has 0 aromatic heterocycles. The lowest BCUT2D eigenvalue weighted by atomic mass is 10.1. The fourth-order valence-electron chi connectivity index (χ4n) is 1.93. The van der Waals surface area contributed by atoms with Gasteiger partial charge in [-0.1, -0.05) is 0 Å². The van der Waals surface area contributed by atoms with E-state index in [1.807, 2.05) is 12.1 Å². The number of aldehydes is 1. The van der Waals surface area contributed by atoms with Gasteiger partial charge in [0.15, 0.2) is 0 Å². The second-order valence-electron chi connectivity index (χ2n) is 4.66. The van der Waals surface area contributed by atoms with Gasteiger partial charge in [-0.05, 0) is 32.0 Å². The lowest BCUT2D eigenvalue weighted by Crippen LogP contribution is -2.31. The first kappa shape index (κ1) is 15.2. The van der Waals surface area contributed by atoms with Gasteiger partial charge >= 0.3 is 0 Å². The highest BCUT2D eigenvalue weighted by Crippen LogP contribution is 2.22. The van der Waals surface area contributed by atoms with E-state index in [0.29, 0.717) is 31.1 Å². The Labute approximate surface area is 114 Å². The number of nitriles is 1. The van der Waals surface area contributed by atoms with E-state index < -0.39 is 0 Å². The molecule has 0 aliphatic heterocycles. The number of nitrogens with zero attached hydrogens (tertiary/aromatic N) is 2. The topological polar surface area (TPSA) is 53.3 Å². The number of carbonyl (C=O) groups is 1. The fourth-order valence-corrected chi connectivity index (χ4v) is 1.93. The highest BCUT2D eigenvalue weighted by Gasteiger charge is 2.13. The van der Waals surface area contributed by atoms with Crippen LogP contribution in [0.5, 0.6) is 5.75 Å². The molecule has 102 valence electrons. The molecule has 4 heteroatoms. The monoisotopic (exact) mass is 260 g/mol. The highest BCUT2D eigenvalue weighted by atomic mass is 16.5. The summed E-state index contributed by atoms with van der Waals surface area (Å²) in [7, 11) is 1.62. The minimum atomic E-state index is 0.331. The molecule has 0 aliphatic rings. The van der Waals surface area contributed by atoms with E-state index in [0.717, 1.165) is 17.6 Å². The Hall–Kier alpha value is -1.86. The minimum Gasteiger partial charge on any atom is -0.496 e. The lowest BCUT2D eigenvalue weighted by Gasteiger charge is -2.26. The van der Waals surface area contributed by atoms with E-state index in [4.69, 9.17) is 10.00 Å². The summed E-state index contributed by atoms with van der Waals surface area (Å²) < 4.78 is 5.32. The Morgan fingerprint density at radius 1 is 1.47 bits per heavy atom. The molecule has 0 bridgehead atoms. The first-order chi connectivity index (χ1) is 9.12. The molecule has 1 aromatic carbocycles. The molecule has 0 spiro atoms. The van der Waals surface area contributed by atoms with Crippen LogP contribution in [0.25, 0.3) is 0 Å². The van der Waals surface area contributed by atoms with Gasteiger partial charge in [0.1, 0.15) is 12.0 Å². The number of hydrogen-bond acceptors (Lipinski definition) is 4. The van der Waals surface area contributed by atoms with E-state index in [1.54, 1.807) is 13.2 Å². The lowest BCUT2D eigenvalue weighted by molar-refractivity contribution is 0.112. The molecular weight excluding hydrogens is 240 g/mol. The van der Waals surface area contributed by atoms with Crippen molar-refractivity contribution < 1.29 is 9.53 Å². The van der Waals surface area contributed by atoms with Crippen molar-refractivity contribution >= 4 is 6.29 Å². The molecule has 0 aliphatic carbocycles. The maximum Gasteiger partial charge on any atom is 0.150 e. The second-order valence-corrected chi connectivity index (χ2v) is 4.66. The zero-order valence-electron chi connectivity index (χ0n) is 11.7. The van der Waals surface area contributed by atoms with Crippen molar-refractivity contribution in [3.8, 4) is 11.8 Å². The number of ether oxygens (including phenoxy) is 1.